The minimum absolute atomic E-state index is 0.309. The van der Waals surface area contributed by atoms with Crippen LogP contribution in [0.1, 0.15) is 53.4 Å². The van der Waals surface area contributed by atoms with Crippen molar-refractivity contribution in [2.24, 2.45) is 0 Å². The van der Waals surface area contributed by atoms with Crippen molar-refractivity contribution >= 4 is 0 Å². The van der Waals surface area contributed by atoms with Gasteiger partial charge >= 0.3 is 0 Å². The van der Waals surface area contributed by atoms with Crippen LogP contribution < -0.4 is 5.32 Å². The molecule has 1 N–H and O–H groups in total. The van der Waals surface area contributed by atoms with E-state index in [4.69, 9.17) is 9.47 Å². The predicted molar refractivity (Wildman–Crippen MR) is 73.5 cm³/mol. The first-order valence-electron chi connectivity index (χ1n) is 7.13. The van der Waals surface area contributed by atoms with Crippen molar-refractivity contribution in [3.05, 3.63) is 0 Å². The summed E-state index contributed by atoms with van der Waals surface area (Å²) in [5.41, 5.74) is 0. The lowest BCUT2D eigenvalue weighted by atomic mass is 10.1. The Kier molecular flexibility index (Phi) is 12.3. The van der Waals surface area contributed by atoms with Crippen LogP contribution in [0.5, 0.6) is 0 Å². The zero-order valence-corrected chi connectivity index (χ0v) is 12.1. The summed E-state index contributed by atoms with van der Waals surface area (Å²) in [7, 11) is 0. The number of ether oxygens (including phenoxy) is 2. The van der Waals surface area contributed by atoms with Gasteiger partial charge in [0, 0.05) is 12.6 Å². The second kappa shape index (κ2) is 12.3. The Balaban J connectivity index is 3.30. The maximum absolute atomic E-state index is 5.71. The van der Waals surface area contributed by atoms with Crippen molar-refractivity contribution < 1.29 is 9.47 Å². The summed E-state index contributed by atoms with van der Waals surface area (Å²) in [6.45, 7) is 12.1. The summed E-state index contributed by atoms with van der Waals surface area (Å²) in [6.07, 6.45) is 4.90. The first-order chi connectivity index (χ1) is 8.20. The van der Waals surface area contributed by atoms with Gasteiger partial charge in [0.15, 0.2) is 0 Å². The SMILES string of the molecule is CCCCOCCOC(C)CC(C)NCCC. The maximum atomic E-state index is 5.71. The van der Waals surface area contributed by atoms with Gasteiger partial charge in [-0.05, 0) is 39.7 Å². The second-order valence-electron chi connectivity index (χ2n) is 4.74. The van der Waals surface area contributed by atoms with E-state index < -0.39 is 0 Å². The molecule has 3 heteroatoms. The van der Waals surface area contributed by atoms with E-state index in [0.29, 0.717) is 18.8 Å². The van der Waals surface area contributed by atoms with Gasteiger partial charge in [0.1, 0.15) is 0 Å². The van der Waals surface area contributed by atoms with E-state index in [2.05, 4.69) is 33.0 Å². The van der Waals surface area contributed by atoms with Gasteiger partial charge in [-0.1, -0.05) is 20.3 Å². The number of hydrogen-bond donors (Lipinski definition) is 1. The summed E-state index contributed by atoms with van der Waals surface area (Å²) < 4.78 is 11.2. The predicted octanol–water partition coefficient (Wildman–Crippen LogP) is 2.99. The van der Waals surface area contributed by atoms with Crippen LogP contribution in [0.25, 0.3) is 0 Å². The standard InChI is InChI=1S/C14H31NO2/c1-5-7-9-16-10-11-17-14(4)12-13(3)15-8-6-2/h13-15H,5-12H2,1-4H3. The lowest BCUT2D eigenvalue weighted by Gasteiger charge is -2.19. The minimum atomic E-state index is 0.309. The molecule has 17 heavy (non-hydrogen) atoms. The largest absolute Gasteiger partial charge is 0.379 e. The molecule has 2 atom stereocenters. The van der Waals surface area contributed by atoms with E-state index in [-0.39, 0.29) is 0 Å². The van der Waals surface area contributed by atoms with Crippen molar-refractivity contribution in [3.8, 4) is 0 Å². The van der Waals surface area contributed by atoms with Crippen LogP contribution in [0, 0.1) is 0 Å². The van der Waals surface area contributed by atoms with Crippen LogP contribution in [0.2, 0.25) is 0 Å². The Labute approximate surface area is 107 Å². The van der Waals surface area contributed by atoms with E-state index in [9.17, 15) is 0 Å². The molecule has 0 bridgehead atoms. The molecule has 0 aromatic carbocycles. The molecule has 0 saturated carbocycles. The van der Waals surface area contributed by atoms with Crippen LogP contribution in [0.3, 0.4) is 0 Å². The van der Waals surface area contributed by atoms with Gasteiger partial charge in [0.2, 0.25) is 0 Å². The first-order valence-corrected chi connectivity index (χ1v) is 7.13. The van der Waals surface area contributed by atoms with E-state index in [1.165, 1.54) is 12.8 Å². The molecule has 0 aromatic rings. The highest BCUT2D eigenvalue weighted by Gasteiger charge is 2.07. The fourth-order valence-corrected chi connectivity index (χ4v) is 1.70. The fourth-order valence-electron chi connectivity index (χ4n) is 1.70. The van der Waals surface area contributed by atoms with Gasteiger partial charge in [-0.3, -0.25) is 0 Å². The lowest BCUT2D eigenvalue weighted by molar-refractivity contribution is 0.00560. The second-order valence-corrected chi connectivity index (χ2v) is 4.74. The molecule has 0 rings (SSSR count). The topological polar surface area (TPSA) is 30.5 Å². The van der Waals surface area contributed by atoms with E-state index in [1.54, 1.807) is 0 Å². The molecule has 0 saturated heterocycles. The Morgan fingerprint density at radius 2 is 1.76 bits per heavy atom. The molecule has 0 aromatic heterocycles. The van der Waals surface area contributed by atoms with Gasteiger partial charge in [0.05, 0.1) is 19.3 Å². The highest BCUT2D eigenvalue weighted by molar-refractivity contribution is 4.64. The van der Waals surface area contributed by atoms with Gasteiger partial charge < -0.3 is 14.8 Å². The molecule has 0 amide bonds. The molecule has 0 heterocycles. The van der Waals surface area contributed by atoms with E-state index in [1.807, 2.05) is 0 Å². The number of nitrogens with one attached hydrogen (secondary N) is 1. The zero-order chi connectivity index (χ0) is 12.9. The molecular formula is C14H31NO2. The Bertz CT molecular complexity index is 153. The summed E-state index contributed by atoms with van der Waals surface area (Å²) in [4.78, 5) is 0. The van der Waals surface area contributed by atoms with Crippen LogP contribution in [-0.2, 0) is 9.47 Å². The number of hydrogen-bond acceptors (Lipinski definition) is 3. The fraction of sp³-hybridized carbons (Fsp3) is 1.00. The molecule has 3 nitrogen and oxygen atoms in total. The number of rotatable bonds is 12. The Hall–Kier alpha value is -0.120. The normalized spacial score (nSPS) is 14.8. The molecule has 104 valence electrons. The number of unbranched alkanes of at least 4 members (excludes halogenated alkanes) is 1. The third-order valence-electron chi connectivity index (χ3n) is 2.70. The summed E-state index contributed by atoms with van der Waals surface area (Å²) >= 11 is 0. The lowest BCUT2D eigenvalue weighted by Crippen LogP contribution is -2.31. The van der Waals surface area contributed by atoms with Crippen LogP contribution in [0.15, 0.2) is 0 Å². The Morgan fingerprint density at radius 3 is 2.41 bits per heavy atom. The van der Waals surface area contributed by atoms with Gasteiger partial charge in [0.25, 0.3) is 0 Å². The van der Waals surface area contributed by atoms with Crippen molar-refractivity contribution in [1.82, 2.24) is 5.32 Å². The van der Waals surface area contributed by atoms with Crippen molar-refractivity contribution in [2.75, 3.05) is 26.4 Å². The van der Waals surface area contributed by atoms with Crippen LogP contribution >= 0.6 is 0 Å². The maximum Gasteiger partial charge on any atom is 0.0704 e. The molecule has 0 aliphatic carbocycles. The first kappa shape index (κ1) is 16.9. The molecule has 2 unspecified atom stereocenters. The van der Waals surface area contributed by atoms with Gasteiger partial charge in [-0.2, -0.15) is 0 Å². The summed E-state index contributed by atoms with van der Waals surface area (Å²) in [6, 6.07) is 0.533. The smallest absolute Gasteiger partial charge is 0.0704 e. The monoisotopic (exact) mass is 245 g/mol. The van der Waals surface area contributed by atoms with Crippen molar-refractivity contribution in [1.29, 1.82) is 0 Å². The molecule has 0 aliphatic rings. The molecule has 0 aliphatic heterocycles. The quantitative estimate of drug-likeness (QED) is 0.536. The molecule has 0 fully saturated rings. The summed E-state index contributed by atoms with van der Waals surface area (Å²) in [5, 5.41) is 3.47. The van der Waals surface area contributed by atoms with Crippen molar-refractivity contribution in [2.45, 2.75) is 65.5 Å². The Morgan fingerprint density at radius 1 is 1.00 bits per heavy atom. The molecule has 0 spiro atoms. The minimum Gasteiger partial charge on any atom is -0.379 e. The van der Waals surface area contributed by atoms with Gasteiger partial charge in [-0.25, -0.2) is 0 Å². The van der Waals surface area contributed by atoms with Crippen LogP contribution in [0.4, 0.5) is 0 Å². The van der Waals surface area contributed by atoms with E-state index >= 15 is 0 Å². The molecular weight excluding hydrogens is 214 g/mol. The average molecular weight is 245 g/mol. The van der Waals surface area contributed by atoms with Crippen molar-refractivity contribution in [3.63, 3.8) is 0 Å². The van der Waals surface area contributed by atoms with Gasteiger partial charge in [-0.15, -0.1) is 0 Å². The summed E-state index contributed by atoms with van der Waals surface area (Å²) in [5.74, 6) is 0. The average Bonchev–Trinajstić information content (AvgIpc) is 2.31. The third-order valence-corrected chi connectivity index (χ3v) is 2.70. The highest BCUT2D eigenvalue weighted by Crippen LogP contribution is 2.02. The highest BCUT2D eigenvalue weighted by atomic mass is 16.5. The van der Waals surface area contributed by atoms with E-state index in [0.717, 1.165) is 32.6 Å². The van der Waals surface area contributed by atoms with Crippen LogP contribution in [-0.4, -0.2) is 38.5 Å². The third kappa shape index (κ3) is 12.1. The molecule has 0 radical (unpaired) electrons. The zero-order valence-electron chi connectivity index (χ0n) is 12.1.